The van der Waals surface area contributed by atoms with Crippen LogP contribution in [0.5, 0.6) is 5.75 Å². The number of benzene rings is 2. The summed E-state index contributed by atoms with van der Waals surface area (Å²) >= 11 is 9.64. The molecule has 1 atom stereocenters. The molecule has 0 aliphatic carbocycles. The molecule has 0 saturated carbocycles. The summed E-state index contributed by atoms with van der Waals surface area (Å²) in [4.78, 5) is 0. The van der Waals surface area contributed by atoms with Gasteiger partial charge in [-0.05, 0) is 42.3 Å². The average Bonchev–Trinajstić information content (AvgIpc) is 2.85. The molecule has 0 saturated heterocycles. The Bertz CT molecular complexity index is 668. The van der Waals surface area contributed by atoms with E-state index in [1.807, 2.05) is 30.3 Å². The van der Waals surface area contributed by atoms with Gasteiger partial charge >= 0.3 is 0 Å². The molecule has 104 valence electrons. The Labute approximate surface area is 131 Å². The zero-order valence-electron chi connectivity index (χ0n) is 11.0. The van der Waals surface area contributed by atoms with Gasteiger partial charge in [0.1, 0.15) is 11.4 Å². The third kappa shape index (κ3) is 2.34. The van der Waals surface area contributed by atoms with Gasteiger partial charge in [-0.25, -0.2) is 0 Å². The molecule has 0 aromatic heterocycles. The van der Waals surface area contributed by atoms with Crippen LogP contribution in [0.15, 0.2) is 40.9 Å². The number of hydrogen-bond acceptors (Lipinski definition) is 2. The van der Waals surface area contributed by atoms with Crippen LogP contribution in [0.4, 0.5) is 0 Å². The Balaban J connectivity index is 2.07. The highest BCUT2D eigenvalue weighted by Crippen LogP contribution is 2.37. The van der Waals surface area contributed by atoms with Gasteiger partial charge in [-0.15, -0.1) is 0 Å². The van der Waals surface area contributed by atoms with Crippen LogP contribution in [0.25, 0.3) is 0 Å². The van der Waals surface area contributed by atoms with Gasteiger partial charge in [-0.2, -0.15) is 0 Å². The van der Waals surface area contributed by atoms with Gasteiger partial charge in [0.2, 0.25) is 0 Å². The second-order valence-corrected chi connectivity index (χ2v) is 6.44. The van der Waals surface area contributed by atoms with Crippen LogP contribution >= 0.6 is 27.5 Å². The Kier molecular flexibility index (Phi) is 3.53. The number of halogens is 2. The summed E-state index contributed by atoms with van der Waals surface area (Å²) in [6, 6.07) is 11.3. The summed E-state index contributed by atoms with van der Waals surface area (Å²) in [6.45, 7) is 2.47. The highest BCUT2D eigenvalue weighted by Gasteiger charge is 2.29. The van der Waals surface area contributed by atoms with Gasteiger partial charge in [-0.1, -0.05) is 39.7 Å². The molecule has 2 aromatic carbocycles. The molecule has 2 aromatic rings. The molecule has 1 aliphatic heterocycles. The molecule has 20 heavy (non-hydrogen) atoms. The van der Waals surface area contributed by atoms with Gasteiger partial charge in [0.05, 0.1) is 6.61 Å². The molecular weight excluding hydrogens is 340 g/mol. The molecular formula is C16H14BrClO2. The average molecular weight is 354 g/mol. The zero-order valence-corrected chi connectivity index (χ0v) is 13.3. The summed E-state index contributed by atoms with van der Waals surface area (Å²) in [5.74, 6) is 0.909. The van der Waals surface area contributed by atoms with Crippen LogP contribution < -0.4 is 4.74 Å². The van der Waals surface area contributed by atoms with Crippen molar-refractivity contribution in [1.82, 2.24) is 0 Å². The number of aliphatic hydroxyl groups is 1. The van der Waals surface area contributed by atoms with Crippen molar-refractivity contribution >= 4 is 27.5 Å². The first-order chi connectivity index (χ1) is 9.48. The summed E-state index contributed by atoms with van der Waals surface area (Å²) in [5, 5.41) is 11.5. The van der Waals surface area contributed by atoms with Crippen molar-refractivity contribution in [2.45, 2.75) is 18.9 Å². The Morgan fingerprint density at radius 3 is 2.80 bits per heavy atom. The van der Waals surface area contributed by atoms with Crippen LogP contribution in [-0.4, -0.2) is 11.7 Å². The second kappa shape index (κ2) is 5.06. The van der Waals surface area contributed by atoms with E-state index in [1.54, 1.807) is 13.0 Å². The number of rotatable bonds is 2. The van der Waals surface area contributed by atoms with Crippen LogP contribution in [0.2, 0.25) is 5.02 Å². The molecule has 0 bridgehead atoms. The fraction of sp³-hybridized carbons (Fsp3) is 0.250. The fourth-order valence-electron chi connectivity index (χ4n) is 2.53. The van der Waals surface area contributed by atoms with Gasteiger partial charge in [-0.3, -0.25) is 0 Å². The monoisotopic (exact) mass is 352 g/mol. The van der Waals surface area contributed by atoms with E-state index < -0.39 is 5.60 Å². The topological polar surface area (TPSA) is 29.5 Å². The van der Waals surface area contributed by atoms with Crippen molar-refractivity contribution in [2.24, 2.45) is 0 Å². The standard InChI is InChI=1S/C16H14BrClO2/c1-16(19,13-4-3-12(17)9-14(13)18)11-2-5-15-10(8-11)6-7-20-15/h2-5,8-9,19H,6-7H2,1H3. The van der Waals surface area contributed by atoms with Crippen molar-refractivity contribution in [1.29, 1.82) is 0 Å². The van der Waals surface area contributed by atoms with E-state index in [4.69, 9.17) is 16.3 Å². The van der Waals surface area contributed by atoms with Crippen LogP contribution in [0, 0.1) is 0 Å². The fourth-order valence-corrected chi connectivity index (χ4v) is 3.39. The lowest BCUT2D eigenvalue weighted by molar-refractivity contribution is 0.102. The first-order valence-electron chi connectivity index (χ1n) is 6.42. The lowest BCUT2D eigenvalue weighted by Crippen LogP contribution is -2.23. The Morgan fingerprint density at radius 1 is 1.25 bits per heavy atom. The van der Waals surface area contributed by atoms with Gasteiger partial charge < -0.3 is 9.84 Å². The second-order valence-electron chi connectivity index (χ2n) is 5.12. The minimum atomic E-state index is -1.13. The van der Waals surface area contributed by atoms with Crippen molar-refractivity contribution in [2.75, 3.05) is 6.61 Å². The third-order valence-corrected chi connectivity index (χ3v) is 4.51. The van der Waals surface area contributed by atoms with Gasteiger partial charge in [0, 0.05) is 21.5 Å². The normalized spacial score (nSPS) is 16.4. The lowest BCUT2D eigenvalue weighted by Gasteiger charge is -2.26. The number of hydrogen-bond donors (Lipinski definition) is 1. The number of ether oxygens (including phenoxy) is 1. The minimum Gasteiger partial charge on any atom is -0.493 e. The SMILES string of the molecule is CC(O)(c1ccc2c(c1)CCO2)c1ccc(Br)cc1Cl. The summed E-state index contributed by atoms with van der Waals surface area (Å²) in [6.07, 6.45) is 0.882. The Morgan fingerprint density at radius 2 is 2.05 bits per heavy atom. The predicted molar refractivity (Wildman–Crippen MR) is 83.5 cm³/mol. The van der Waals surface area contributed by atoms with E-state index in [1.165, 1.54) is 0 Å². The summed E-state index contributed by atoms with van der Waals surface area (Å²) in [5.41, 5.74) is 1.53. The van der Waals surface area contributed by atoms with E-state index in [0.717, 1.165) is 27.8 Å². The first kappa shape index (κ1) is 13.9. The van der Waals surface area contributed by atoms with Crippen molar-refractivity contribution < 1.29 is 9.84 Å². The molecule has 4 heteroatoms. The van der Waals surface area contributed by atoms with E-state index in [9.17, 15) is 5.11 Å². The Hall–Kier alpha value is -1.03. The number of fused-ring (bicyclic) bond motifs is 1. The summed E-state index contributed by atoms with van der Waals surface area (Å²) < 4.78 is 6.39. The molecule has 1 unspecified atom stereocenters. The largest absolute Gasteiger partial charge is 0.493 e. The third-order valence-electron chi connectivity index (χ3n) is 3.71. The molecule has 3 rings (SSSR count). The van der Waals surface area contributed by atoms with Crippen molar-refractivity contribution in [3.05, 3.63) is 62.6 Å². The quantitative estimate of drug-likeness (QED) is 0.872. The smallest absolute Gasteiger partial charge is 0.122 e. The lowest BCUT2D eigenvalue weighted by atomic mass is 9.87. The molecule has 1 N–H and O–H groups in total. The predicted octanol–water partition coefficient (Wildman–Crippen LogP) is 4.29. The van der Waals surface area contributed by atoms with E-state index in [2.05, 4.69) is 15.9 Å². The van der Waals surface area contributed by atoms with Crippen LogP contribution in [0.1, 0.15) is 23.6 Å². The molecule has 0 radical (unpaired) electrons. The maximum Gasteiger partial charge on any atom is 0.122 e. The highest BCUT2D eigenvalue weighted by molar-refractivity contribution is 9.10. The zero-order chi connectivity index (χ0) is 14.3. The molecule has 2 nitrogen and oxygen atoms in total. The van der Waals surface area contributed by atoms with E-state index >= 15 is 0 Å². The molecule has 1 heterocycles. The van der Waals surface area contributed by atoms with Gasteiger partial charge in [0.15, 0.2) is 0 Å². The molecule has 1 aliphatic rings. The molecule has 0 amide bonds. The first-order valence-corrected chi connectivity index (χ1v) is 7.59. The molecule has 0 spiro atoms. The maximum atomic E-state index is 10.9. The van der Waals surface area contributed by atoms with Crippen molar-refractivity contribution in [3.63, 3.8) is 0 Å². The molecule has 0 fully saturated rings. The van der Waals surface area contributed by atoms with Crippen LogP contribution in [-0.2, 0) is 12.0 Å². The van der Waals surface area contributed by atoms with E-state index in [0.29, 0.717) is 17.2 Å². The van der Waals surface area contributed by atoms with E-state index in [-0.39, 0.29) is 0 Å². The van der Waals surface area contributed by atoms with Crippen LogP contribution in [0.3, 0.4) is 0 Å². The maximum absolute atomic E-state index is 10.9. The minimum absolute atomic E-state index is 0.543. The van der Waals surface area contributed by atoms with Gasteiger partial charge in [0.25, 0.3) is 0 Å². The van der Waals surface area contributed by atoms with Crippen molar-refractivity contribution in [3.8, 4) is 5.75 Å². The summed E-state index contributed by atoms with van der Waals surface area (Å²) in [7, 11) is 0. The highest BCUT2D eigenvalue weighted by atomic mass is 79.9.